The van der Waals surface area contributed by atoms with Gasteiger partial charge in [-0.25, -0.2) is 0 Å². The van der Waals surface area contributed by atoms with Gasteiger partial charge < -0.3 is 4.52 Å². The predicted octanol–water partition coefficient (Wildman–Crippen LogP) is 6.73. The Hall–Kier alpha value is -3.20. The van der Waals surface area contributed by atoms with E-state index in [1.54, 1.807) is 0 Å². The highest BCUT2D eigenvalue weighted by Gasteiger charge is 2.10. The molecule has 0 amide bonds. The predicted molar refractivity (Wildman–Crippen MR) is 118 cm³/mol. The van der Waals surface area contributed by atoms with Crippen LogP contribution in [0.3, 0.4) is 0 Å². The number of benzene rings is 3. The fourth-order valence-electron chi connectivity index (χ4n) is 3.47. The summed E-state index contributed by atoms with van der Waals surface area (Å²) in [7, 11) is 0. The topological polar surface area (TPSA) is 38.9 Å². The number of hydrogen-bond acceptors (Lipinski definition) is 3. The van der Waals surface area contributed by atoms with Crippen LogP contribution in [0.2, 0.25) is 0 Å². The SMILES string of the molecule is CCCCCc1ccc(-c2ccc(-c3nc(Cc4ccccc4)no3)cc2)cc1. The fourth-order valence-corrected chi connectivity index (χ4v) is 3.47. The molecule has 0 N–H and O–H groups in total. The smallest absolute Gasteiger partial charge is 0.257 e. The van der Waals surface area contributed by atoms with Crippen LogP contribution < -0.4 is 0 Å². The van der Waals surface area contributed by atoms with Crippen molar-refractivity contribution in [3.8, 4) is 22.6 Å². The van der Waals surface area contributed by atoms with Gasteiger partial charge in [-0.3, -0.25) is 0 Å². The van der Waals surface area contributed by atoms with E-state index in [1.165, 1.54) is 41.5 Å². The Kier molecular flexibility index (Phi) is 6.16. The molecular weight excluding hydrogens is 356 g/mol. The number of aryl methyl sites for hydroxylation is 1. The zero-order valence-corrected chi connectivity index (χ0v) is 16.8. The van der Waals surface area contributed by atoms with Crippen molar-refractivity contribution < 1.29 is 4.52 Å². The molecule has 3 aromatic carbocycles. The van der Waals surface area contributed by atoms with E-state index in [2.05, 4.69) is 65.6 Å². The molecule has 0 atom stereocenters. The summed E-state index contributed by atoms with van der Waals surface area (Å²) >= 11 is 0. The van der Waals surface area contributed by atoms with E-state index >= 15 is 0 Å². The minimum absolute atomic E-state index is 0.564. The molecule has 0 spiro atoms. The number of aromatic nitrogens is 2. The van der Waals surface area contributed by atoms with E-state index in [1.807, 2.05) is 30.3 Å². The number of nitrogens with zero attached hydrogens (tertiary/aromatic N) is 2. The van der Waals surface area contributed by atoms with Crippen molar-refractivity contribution in [1.29, 1.82) is 0 Å². The van der Waals surface area contributed by atoms with E-state index in [0.29, 0.717) is 18.1 Å². The molecule has 1 heterocycles. The van der Waals surface area contributed by atoms with E-state index in [-0.39, 0.29) is 0 Å². The summed E-state index contributed by atoms with van der Waals surface area (Å²) in [5, 5.41) is 4.12. The second kappa shape index (κ2) is 9.33. The highest BCUT2D eigenvalue weighted by atomic mass is 16.5. The molecule has 146 valence electrons. The Morgan fingerprint density at radius 3 is 2.03 bits per heavy atom. The van der Waals surface area contributed by atoms with Crippen LogP contribution in [0.5, 0.6) is 0 Å². The van der Waals surface area contributed by atoms with Crippen LogP contribution in [-0.4, -0.2) is 10.1 Å². The molecule has 0 aliphatic heterocycles. The van der Waals surface area contributed by atoms with E-state index < -0.39 is 0 Å². The third kappa shape index (κ3) is 5.00. The van der Waals surface area contributed by atoms with Crippen molar-refractivity contribution in [2.75, 3.05) is 0 Å². The molecule has 0 saturated carbocycles. The van der Waals surface area contributed by atoms with Gasteiger partial charge in [0.25, 0.3) is 5.89 Å². The zero-order valence-electron chi connectivity index (χ0n) is 16.8. The van der Waals surface area contributed by atoms with Gasteiger partial charge in [-0.1, -0.05) is 91.7 Å². The molecule has 0 unspecified atom stereocenters. The van der Waals surface area contributed by atoms with Gasteiger partial charge in [-0.2, -0.15) is 4.98 Å². The summed E-state index contributed by atoms with van der Waals surface area (Å²) in [4.78, 5) is 4.55. The second-order valence-corrected chi connectivity index (χ2v) is 7.41. The van der Waals surface area contributed by atoms with Crippen LogP contribution in [0.15, 0.2) is 83.4 Å². The highest BCUT2D eigenvalue weighted by molar-refractivity contribution is 5.67. The largest absolute Gasteiger partial charge is 0.334 e. The molecular formula is C26H26N2O. The maximum absolute atomic E-state index is 5.47. The number of unbranched alkanes of at least 4 members (excludes halogenated alkanes) is 2. The Balaban J connectivity index is 1.43. The van der Waals surface area contributed by atoms with Crippen molar-refractivity contribution >= 4 is 0 Å². The molecule has 29 heavy (non-hydrogen) atoms. The summed E-state index contributed by atoms with van der Waals surface area (Å²) in [6.45, 7) is 2.24. The second-order valence-electron chi connectivity index (χ2n) is 7.41. The fraction of sp³-hybridized carbons (Fsp3) is 0.231. The van der Waals surface area contributed by atoms with Crippen molar-refractivity contribution in [1.82, 2.24) is 10.1 Å². The molecule has 0 aliphatic carbocycles. The zero-order chi connectivity index (χ0) is 19.9. The van der Waals surface area contributed by atoms with Crippen LogP contribution in [0.4, 0.5) is 0 Å². The molecule has 0 saturated heterocycles. The highest BCUT2D eigenvalue weighted by Crippen LogP contribution is 2.25. The summed E-state index contributed by atoms with van der Waals surface area (Å²) in [5.74, 6) is 1.27. The van der Waals surface area contributed by atoms with Crippen LogP contribution in [0, 0.1) is 0 Å². The van der Waals surface area contributed by atoms with Gasteiger partial charge in [0.15, 0.2) is 5.82 Å². The van der Waals surface area contributed by atoms with Gasteiger partial charge in [0.05, 0.1) is 0 Å². The molecule has 3 heteroatoms. The molecule has 0 bridgehead atoms. The Morgan fingerprint density at radius 1 is 0.690 bits per heavy atom. The van der Waals surface area contributed by atoms with Gasteiger partial charge in [0.2, 0.25) is 0 Å². The van der Waals surface area contributed by atoms with Crippen LogP contribution in [-0.2, 0) is 12.8 Å². The van der Waals surface area contributed by atoms with E-state index in [0.717, 1.165) is 12.0 Å². The molecule has 0 radical (unpaired) electrons. The molecule has 0 fully saturated rings. The van der Waals surface area contributed by atoms with Crippen LogP contribution in [0.1, 0.15) is 43.1 Å². The summed E-state index contributed by atoms with van der Waals surface area (Å²) < 4.78 is 5.47. The minimum atomic E-state index is 0.564. The summed E-state index contributed by atoms with van der Waals surface area (Å²) in [6, 6.07) is 27.4. The third-order valence-corrected chi connectivity index (χ3v) is 5.16. The average molecular weight is 383 g/mol. The van der Waals surface area contributed by atoms with Gasteiger partial charge in [-0.05, 0) is 47.2 Å². The van der Waals surface area contributed by atoms with Crippen molar-refractivity contribution in [2.24, 2.45) is 0 Å². The summed E-state index contributed by atoms with van der Waals surface area (Å²) in [5.41, 5.74) is 5.95. The Morgan fingerprint density at radius 2 is 1.34 bits per heavy atom. The van der Waals surface area contributed by atoms with Crippen LogP contribution >= 0.6 is 0 Å². The lowest BCUT2D eigenvalue weighted by molar-refractivity contribution is 0.424. The first-order valence-electron chi connectivity index (χ1n) is 10.4. The maximum atomic E-state index is 5.47. The first-order chi connectivity index (χ1) is 14.3. The Labute approximate surface area is 172 Å². The van der Waals surface area contributed by atoms with Gasteiger partial charge in [0, 0.05) is 12.0 Å². The average Bonchev–Trinajstić information content (AvgIpc) is 3.24. The van der Waals surface area contributed by atoms with E-state index in [4.69, 9.17) is 4.52 Å². The quantitative estimate of drug-likeness (QED) is 0.317. The van der Waals surface area contributed by atoms with Gasteiger partial charge >= 0.3 is 0 Å². The lowest BCUT2D eigenvalue weighted by atomic mass is 10.0. The first kappa shape index (κ1) is 19.1. The van der Waals surface area contributed by atoms with Gasteiger partial charge in [-0.15, -0.1) is 0 Å². The van der Waals surface area contributed by atoms with E-state index in [9.17, 15) is 0 Å². The lowest BCUT2D eigenvalue weighted by Crippen LogP contribution is -1.90. The van der Waals surface area contributed by atoms with Crippen LogP contribution in [0.25, 0.3) is 22.6 Å². The molecule has 3 nitrogen and oxygen atoms in total. The molecule has 1 aromatic heterocycles. The van der Waals surface area contributed by atoms with Gasteiger partial charge in [0.1, 0.15) is 0 Å². The molecule has 0 aliphatic rings. The first-order valence-corrected chi connectivity index (χ1v) is 10.4. The van der Waals surface area contributed by atoms with Crippen molar-refractivity contribution in [2.45, 2.75) is 39.0 Å². The monoisotopic (exact) mass is 382 g/mol. The standard InChI is InChI=1S/C26H26N2O/c1-2-3-5-8-20-11-13-22(14-12-20)23-15-17-24(18-16-23)26-27-25(28-29-26)19-21-9-6-4-7-10-21/h4,6-7,9-18H,2-3,5,8,19H2,1H3. The lowest BCUT2D eigenvalue weighted by Gasteiger charge is -2.05. The summed E-state index contributed by atoms with van der Waals surface area (Å²) in [6.07, 6.45) is 5.66. The Bertz CT molecular complexity index is 1020. The number of rotatable bonds is 8. The molecule has 4 aromatic rings. The molecule has 4 rings (SSSR count). The maximum Gasteiger partial charge on any atom is 0.257 e. The normalized spacial score (nSPS) is 10.9. The van der Waals surface area contributed by atoms with Crippen molar-refractivity contribution in [3.05, 3.63) is 95.8 Å². The third-order valence-electron chi connectivity index (χ3n) is 5.16. The van der Waals surface area contributed by atoms with Crippen molar-refractivity contribution in [3.63, 3.8) is 0 Å². The minimum Gasteiger partial charge on any atom is -0.334 e. The number of hydrogen-bond donors (Lipinski definition) is 0.